The van der Waals surface area contributed by atoms with Crippen LogP contribution < -0.4 is 5.73 Å². The third-order valence-electron chi connectivity index (χ3n) is 7.54. The molecule has 1 atom stereocenters. The van der Waals surface area contributed by atoms with Crippen LogP contribution in [0.3, 0.4) is 0 Å². The lowest BCUT2D eigenvalue weighted by atomic mass is 9.98. The summed E-state index contributed by atoms with van der Waals surface area (Å²) in [6, 6.07) is -1.01. The molecule has 15 heteroatoms. The maximum atomic E-state index is 13.5. The van der Waals surface area contributed by atoms with E-state index in [1.54, 1.807) is 13.8 Å². The predicted molar refractivity (Wildman–Crippen MR) is 162 cm³/mol. The van der Waals surface area contributed by atoms with E-state index >= 15 is 0 Å². The average molecular weight is 650 g/mol. The van der Waals surface area contributed by atoms with Crippen molar-refractivity contribution >= 4 is 32.0 Å². The maximum absolute atomic E-state index is 13.5. The van der Waals surface area contributed by atoms with Gasteiger partial charge in [0.1, 0.15) is 18.2 Å². The van der Waals surface area contributed by atoms with E-state index in [1.807, 2.05) is 0 Å². The van der Waals surface area contributed by atoms with Crippen molar-refractivity contribution in [1.29, 1.82) is 0 Å². The first-order valence-corrected chi connectivity index (χ1v) is 17.4. The molecule has 14 nitrogen and oxygen atoms in total. The van der Waals surface area contributed by atoms with Crippen molar-refractivity contribution in [2.24, 2.45) is 16.4 Å². The summed E-state index contributed by atoms with van der Waals surface area (Å²) in [5.41, 5.74) is 6.04. The van der Waals surface area contributed by atoms with Crippen molar-refractivity contribution in [2.45, 2.75) is 122 Å². The molecule has 0 aliphatic heterocycles. The van der Waals surface area contributed by atoms with E-state index in [4.69, 9.17) is 33.7 Å². The van der Waals surface area contributed by atoms with Crippen molar-refractivity contribution in [2.75, 3.05) is 33.5 Å². The van der Waals surface area contributed by atoms with Gasteiger partial charge in [-0.3, -0.25) is 9.05 Å². The highest BCUT2D eigenvalue weighted by Gasteiger charge is 2.31. The summed E-state index contributed by atoms with van der Waals surface area (Å²) >= 11 is 0. The number of likely N-dealkylation sites (N-methyl/N-ethyl adjacent to an activating group) is 1. The van der Waals surface area contributed by atoms with Crippen molar-refractivity contribution in [3.8, 4) is 0 Å². The van der Waals surface area contributed by atoms with E-state index in [9.17, 15) is 24.1 Å². The Morgan fingerprint density at radius 2 is 1.20 bits per heavy atom. The second-order valence-corrected chi connectivity index (χ2v) is 13.3. The second-order valence-electron chi connectivity index (χ2n) is 11.6. The number of carbonyl (C=O) groups is 3. The van der Waals surface area contributed by atoms with Crippen LogP contribution >= 0.6 is 7.75 Å². The van der Waals surface area contributed by atoms with E-state index < -0.39 is 32.1 Å². The molecule has 0 amide bonds. The van der Waals surface area contributed by atoms with Crippen molar-refractivity contribution < 1.29 is 52.1 Å². The molecule has 2 aliphatic carbocycles. The Morgan fingerprint density at radius 1 is 0.795 bits per heavy atom. The number of unbranched alkanes of at least 4 members (excludes halogenated alkanes) is 2. The van der Waals surface area contributed by atoms with Crippen LogP contribution in [0, 0.1) is 5.92 Å². The number of hydrogen-bond acceptors (Lipinski definition) is 10. The lowest BCUT2D eigenvalue weighted by Crippen LogP contribution is -2.48. The molecule has 0 saturated heterocycles. The van der Waals surface area contributed by atoms with Crippen LogP contribution in [-0.2, 0) is 37.4 Å². The van der Waals surface area contributed by atoms with Crippen molar-refractivity contribution in [1.82, 2.24) is 4.90 Å². The minimum atomic E-state index is -4.15. The van der Waals surface area contributed by atoms with Gasteiger partial charge < -0.3 is 34.7 Å². The number of hydrogen-bond donors (Lipinski definition) is 2. The van der Waals surface area contributed by atoms with Gasteiger partial charge in [-0.25, -0.2) is 18.9 Å². The molecule has 2 aliphatic rings. The molecule has 2 rings (SSSR count). The van der Waals surface area contributed by atoms with Gasteiger partial charge in [-0.2, -0.15) is 0 Å². The Labute approximate surface area is 260 Å². The first kappa shape index (κ1) is 37.6. The van der Waals surface area contributed by atoms with Crippen molar-refractivity contribution in [3.63, 3.8) is 0 Å². The van der Waals surface area contributed by atoms with Gasteiger partial charge >= 0.3 is 26.0 Å². The molecule has 44 heavy (non-hydrogen) atoms. The fraction of sp³-hybridized carbons (Fsp3) is 0.862. The molecule has 0 aromatic carbocycles. The van der Waals surface area contributed by atoms with Crippen LogP contribution in [0.2, 0.25) is 0 Å². The van der Waals surface area contributed by atoms with Gasteiger partial charge in [-0.15, -0.1) is 4.76 Å². The topological polar surface area (TPSA) is 186 Å². The number of guanidine groups is 1. The predicted octanol–water partition coefficient (Wildman–Crippen LogP) is 6.02. The van der Waals surface area contributed by atoms with Gasteiger partial charge in [0.05, 0.1) is 26.4 Å². The number of nitrogens with two attached hydrogens (primary N) is 1. The Kier molecular flexibility index (Phi) is 17.5. The van der Waals surface area contributed by atoms with Crippen LogP contribution in [0.4, 0.5) is 9.59 Å². The molecular formula is C29H52N3O11P. The SMILES string of the molecule is CC(C)C(C(=O)O)N(C)C(N)=NP(=O)(OCCCCOC(=O)OC1CCCCC1)OCCCCOC(=O)OC1CCCCC1. The zero-order valence-electron chi connectivity index (χ0n) is 26.5. The Hall–Kier alpha value is -2.57. The fourth-order valence-corrected chi connectivity index (χ4v) is 6.42. The number of nitrogens with zero attached hydrogens (tertiary/aromatic N) is 2. The highest BCUT2D eigenvalue weighted by atomic mass is 31.2. The van der Waals surface area contributed by atoms with Gasteiger partial charge in [0.15, 0.2) is 0 Å². The third-order valence-corrected chi connectivity index (χ3v) is 9.01. The number of carboxylic acids is 1. The van der Waals surface area contributed by atoms with Gasteiger partial charge in [-0.1, -0.05) is 26.7 Å². The smallest absolute Gasteiger partial charge is 0.480 e. The van der Waals surface area contributed by atoms with Crippen LogP contribution in [0.25, 0.3) is 0 Å². The zero-order chi connectivity index (χ0) is 32.4. The summed E-state index contributed by atoms with van der Waals surface area (Å²) in [5.74, 6) is -1.74. The highest BCUT2D eigenvalue weighted by molar-refractivity contribution is 7.52. The lowest BCUT2D eigenvalue weighted by molar-refractivity contribution is -0.142. The zero-order valence-corrected chi connectivity index (χ0v) is 27.4. The monoisotopic (exact) mass is 649 g/mol. The van der Waals surface area contributed by atoms with Gasteiger partial charge in [0, 0.05) is 7.05 Å². The van der Waals surface area contributed by atoms with E-state index in [-0.39, 0.29) is 50.5 Å². The molecule has 0 radical (unpaired) electrons. The summed E-state index contributed by atoms with van der Waals surface area (Å²) in [6.45, 7) is 3.56. The Balaban J connectivity index is 1.81. The maximum Gasteiger partial charge on any atom is 0.508 e. The molecule has 254 valence electrons. The first-order chi connectivity index (χ1) is 21.0. The molecule has 0 bridgehead atoms. The van der Waals surface area contributed by atoms with E-state index in [0.29, 0.717) is 25.7 Å². The largest absolute Gasteiger partial charge is 0.508 e. The summed E-state index contributed by atoms with van der Waals surface area (Å²) in [6.07, 6.45) is 9.85. The molecule has 2 saturated carbocycles. The van der Waals surface area contributed by atoms with Crippen LogP contribution in [-0.4, -0.2) is 86.0 Å². The van der Waals surface area contributed by atoms with Crippen LogP contribution in [0.1, 0.15) is 104 Å². The molecule has 0 aromatic heterocycles. The third kappa shape index (κ3) is 14.9. The number of ether oxygens (including phenoxy) is 4. The molecule has 1 unspecified atom stereocenters. The van der Waals surface area contributed by atoms with E-state index in [2.05, 4.69) is 4.76 Å². The molecular weight excluding hydrogens is 597 g/mol. The minimum Gasteiger partial charge on any atom is -0.480 e. The number of rotatable bonds is 18. The molecule has 0 spiro atoms. The second kappa shape index (κ2) is 20.5. The normalized spacial score (nSPS) is 17.6. The number of carbonyl (C=O) groups excluding carboxylic acids is 2. The summed E-state index contributed by atoms with van der Waals surface area (Å²) < 4.78 is 49.4. The fourth-order valence-electron chi connectivity index (χ4n) is 5.12. The van der Waals surface area contributed by atoms with Gasteiger partial charge in [0.25, 0.3) is 0 Å². The molecule has 2 fully saturated rings. The Bertz CT molecular complexity index is 905. The van der Waals surface area contributed by atoms with Crippen LogP contribution in [0.15, 0.2) is 4.76 Å². The Morgan fingerprint density at radius 3 is 1.59 bits per heavy atom. The van der Waals surface area contributed by atoms with E-state index in [0.717, 1.165) is 64.2 Å². The molecule has 3 N–H and O–H groups in total. The first-order valence-electron chi connectivity index (χ1n) is 15.9. The van der Waals surface area contributed by atoms with Crippen LogP contribution in [0.5, 0.6) is 0 Å². The standard InChI is InChI=1S/C29H52N3O11P/c1-22(2)25(26(33)34)32(3)27(30)31-44(37,40-20-12-10-18-38-28(35)42-23-14-6-4-7-15-23)41-21-13-11-19-39-29(36)43-24-16-8-5-9-17-24/h22-25H,4-21H2,1-3H3,(H,33,34)(H2,30,31,37). The molecule has 0 heterocycles. The summed E-state index contributed by atoms with van der Waals surface area (Å²) in [5, 5.41) is 9.60. The molecule has 0 aromatic rings. The lowest BCUT2D eigenvalue weighted by Gasteiger charge is -2.29. The average Bonchev–Trinajstić information content (AvgIpc) is 2.97. The van der Waals surface area contributed by atoms with E-state index in [1.165, 1.54) is 11.9 Å². The number of aliphatic carboxylic acids is 1. The van der Waals surface area contributed by atoms with Gasteiger partial charge in [0.2, 0.25) is 5.96 Å². The highest BCUT2D eigenvalue weighted by Crippen LogP contribution is 2.50. The summed E-state index contributed by atoms with van der Waals surface area (Å²) in [4.78, 5) is 36.8. The van der Waals surface area contributed by atoms with Gasteiger partial charge in [-0.05, 0) is 83.0 Å². The number of carboxylic acid groups (broad SMARTS) is 1. The van der Waals surface area contributed by atoms with Crippen molar-refractivity contribution in [3.05, 3.63) is 0 Å². The minimum absolute atomic E-state index is 0.0402. The summed E-state index contributed by atoms with van der Waals surface area (Å²) in [7, 11) is -2.71. The quantitative estimate of drug-likeness (QED) is 0.0578.